The number of furan rings is 1. The van der Waals surface area contributed by atoms with Crippen molar-refractivity contribution in [2.24, 2.45) is 0 Å². The molecule has 0 atom stereocenters. The molecule has 7 heteroatoms. The molecule has 0 aliphatic carbocycles. The average molecular weight is 431 g/mol. The predicted molar refractivity (Wildman–Crippen MR) is 108 cm³/mol. The predicted octanol–water partition coefficient (Wildman–Crippen LogP) is 3.44. The second-order valence-electron chi connectivity index (χ2n) is 7.40. The summed E-state index contributed by atoms with van der Waals surface area (Å²) in [7, 11) is 0. The molecular formula is C20H23BrN4O2. The first-order chi connectivity index (χ1) is 13.3. The summed E-state index contributed by atoms with van der Waals surface area (Å²) in [6.45, 7) is 6.90. The fraction of sp³-hybridized carbons (Fsp3) is 0.500. The summed E-state index contributed by atoms with van der Waals surface area (Å²) in [6.07, 6.45) is 4.24. The van der Waals surface area contributed by atoms with E-state index in [0.717, 1.165) is 78.3 Å². The molecule has 0 spiro atoms. The van der Waals surface area contributed by atoms with Crippen molar-refractivity contribution < 1.29 is 9.15 Å². The van der Waals surface area contributed by atoms with Gasteiger partial charge in [-0.05, 0) is 31.0 Å². The first kappa shape index (κ1) is 17.6. The summed E-state index contributed by atoms with van der Waals surface area (Å²) < 4.78 is 12.4. The maximum atomic E-state index is 5.86. The topological polar surface area (TPSA) is 54.6 Å². The summed E-state index contributed by atoms with van der Waals surface area (Å²) >= 11 is 3.53. The third kappa shape index (κ3) is 3.61. The van der Waals surface area contributed by atoms with Crippen molar-refractivity contribution in [3.63, 3.8) is 0 Å². The minimum atomic E-state index is 0.698. The number of piperidine rings is 1. The number of nitrogens with zero attached hydrogens (tertiary/aromatic N) is 4. The molecule has 142 valence electrons. The van der Waals surface area contributed by atoms with Crippen LogP contribution in [0.3, 0.4) is 0 Å². The van der Waals surface area contributed by atoms with E-state index in [9.17, 15) is 0 Å². The lowest BCUT2D eigenvalue weighted by molar-refractivity contribution is 0.0000419. The summed E-state index contributed by atoms with van der Waals surface area (Å²) in [4.78, 5) is 14.4. The number of hydrogen-bond acceptors (Lipinski definition) is 6. The third-order valence-corrected chi connectivity index (χ3v) is 6.20. The van der Waals surface area contributed by atoms with Crippen LogP contribution in [0.4, 0.5) is 0 Å². The van der Waals surface area contributed by atoms with E-state index in [1.54, 1.807) is 0 Å². The lowest BCUT2D eigenvalue weighted by Crippen LogP contribution is -2.48. The molecule has 27 heavy (non-hydrogen) atoms. The Morgan fingerprint density at radius 1 is 1.07 bits per heavy atom. The van der Waals surface area contributed by atoms with E-state index in [1.165, 1.54) is 12.8 Å². The number of halogens is 1. The Morgan fingerprint density at radius 2 is 1.89 bits per heavy atom. The van der Waals surface area contributed by atoms with Gasteiger partial charge in [-0.2, -0.15) is 0 Å². The van der Waals surface area contributed by atoms with E-state index in [4.69, 9.17) is 14.1 Å². The summed E-state index contributed by atoms with van der Waals surface area (Å²) in [5.74, 6) is 0.870. The van der Waals surface area contributed by atoms with Crippen LogP contribution in [0, 0.1) is 0 Å². The van der Waals surface area contributed by atoms with Gasteiger partial charge in [-0.1, -0.05) is 15.9 Å². The van der Waals surface area contributed by atoms with Crippen molar-refractivity contribution in [3.05, 3.63) is 34.7 Å². The highest BCUT2D eigenvalue weighted by Gasteiger charge is 2.26. The fourth-order valence-electron chi connectivity index (χ4n) is 4.23. The maximum Gasteiger partial charge on any atom is 0.172 e. The van der Waals surface area contributed by atoms with Crippen molar-refractivity contribution >= 4 is 38.0 Å². The quantitative estimate of drug-likeness (QED) is 0.634. The van der Waals surface area contributed by atoms with Gasteiger partial charge in [-0.15, -0.1) is 0 Å². The molecule has 2 aliphatic rings. The molecule has 4 heterocycles. The average Bonchev–Trinajstić information content (AvgIpc) is 3.06. The normalized spacial score (nSPS) is 20.6. The van der Waals surface area contributed by atoms with Gasteiger partial charge in [0, 0.05) is 42.1 Å². The van der Waals surface area contributed by atoms with Gasteiger partial charge in [0.25, 0.3) is 0 Å². The van der Waals surface area contributed by atoms with E-state index in [2.05, 4.69) is 36.8 Å². The third-order valence-electron chi connectivity index (χ3n) is 5.71. The Hall–Kier alpha value is -1.54. The molecule has 3 aromatic rings. The van der Waals surface area contributed by atoms with Gasteiger partial charge in [-0.3, -0.25) is 9.80 Å². The minimum absolute atomic E-state index is 0.698. The number of rotatable bonds is 3. The van der Waals surface area contributed by atoms with E-state index >= 15 is 0 Å². The van der Waals surface area contributed by atoms with Crippen LogP contribution in [-0.4, -0.2) is 65.2 Å². The number of fused-ring (bicyclic) bond motifs is 3. The second-order valence-corrected chi connectivity index (χ2v) is 8.31. The van der Waals surface area contributed by atoms with E-state index in [1.807, 2.05) is 18.3 Å². The van der Waals surface area contributed by atoms with Gasteiger partial charge in [0.05, 0.1) is 26.0 Å². The molecule has 0 radical (unpaired) electrons. The molecule has 0 amide bonds. The van der Waals surface area contributed by atoms with Crippen LogP contribution in [0.25, 0.3) is 22.1 Å². The smallest absolute Gasteiger partial charge is 0.172 e. The first-order valence-corrected chi connectivity index (χ1v) is 10.4. The van der Waals surface area contributed by atoms with Crippen molar-refractivity contribution in [3.8, 4) is 0 Å². The lowest BCUT2D eigenvalue weighted by atomic mass is 10.0. The van der Waals surface area contributed by atoms with Crippen molar-refractivity contribution in [1.82, 2.24) is 19.8 Å². The molecule has 0 bridgehead atoms. The molecule has 6 nitrogen and oxygen atoms in total. The summed E-state index contributed by atoms with van der Waals surface area (Å²) in [6, 6.07) is 6.71. The van der Waals surface area contributed by atoms with Gasteiger partial charge < -0.3 is 9.15 Å². The molecule has 5 rings (SSSR count). The zero-order chi connectivity index (χ0) is 18.2. The first-order valence-electron chi connectivity index (χ1n) is 9.64. The molecule has 1 aromatic carbocycles. The van der Waals surface area contributed by atoms with Gasteiger partial charge in [0.2, 0.25) is 0 Å². The van der Waals surface area contributed by atoms with Crippen LogP contribution in [0.2, 0.25) is 0 Å². The number of hydrogen-bond donors (Lipinski definition) is 0. The Bertz CT molecular complexity index is 946. The number of morpholine rings is 1. The van der Waals surface area contributed by atoms with E-state index < -0.39 is 0 Å². The standard InChI is InChI=1S/C20H23BrN4O2/c21-14-1-2-17-16(11-14)20-18(27-17)12-22-19(23-20)13-24-5-3-15(4-6-24)25-7-9-26-10-8-25/h1-2,11-12,15H,3-10,13H2. The van der Waals surface area contributed by atoms with Crippen LogP contribution in [-0.2, 0) is 11.3 Å². The largest absolute Gasteiger partial charge is 0.453 e. The van der Waals surface area contributed by atoms with Crippen LogP contribution in [0.15, 0.2) is 33.3 Å². The maximum absolute atomic E-state index is 5.86. The van der Waals surface area contributed by atoms with Crippen LogP contribution >= 0.6 is 15.9 Å². The molecule has 2 aromatic heterocycles. The molecular weight excluding hydrogens is 408 g/mol. The summed E-state index contributed by atoms with van der Waals surface area (Å²) in [5.41, 5.74) is 2.50. The Morgan fingerprint density at radius 3 is 2.70 bits per heavy atom. The monoisotopic (exact) mass is 430 g/mol. The highest BCUT2D eigenvalue weighted by Crippen LogP contribution is 2.29. The molecule has 0 N–H and O–H groups in total. The fourth-order valence-corrected chi connectivity index (χ4v) is 4.59. The number of aromatic nitrogens is 2. The molecule has 2 saturated heterocycles. The Labute approximate surface area is 166 Å². The van der Waals surface area contributed by atoms with Crippen molar-refractivity contribution in [1.29, 1.82) is 0 Å². The molecule has 2 aliphatic heterocycles. The van der Waals surface area contributed by atoms with Gasteiger partial charge in [0.1, 0.15) is 16.9 Å². The molecule has 2 fully saturated rings. The highest BCUT2D eigenvalue weighted by atomic mass is 79.9. The van der Waals surface area contributed by atoms with Crippen molar-refractivity contribution in [2.75, 3.05) is 39.4 Å². The zero-order valence-electron chi connectivity index (χ0n) is 15.2. The van der Waals surface area contributed by atoms with Gasteiger partial charge in [0.15, 0.2) is 5.58 Å². The van der Waals surface area contributed by atoms with Gasteiger partial charge >= 0.3 is 0 Å². The van der Waals surface area contributed by atoms with Gasteiger partial charge in [-0.25, -0.2) is 9.97 Å². The highest BCUT2D eigenvalue weighted by molar-refractivity contribution is 9.10. The van der Waals surface area contributed by atoms with E-state index in [0.29, 0.717) is 6.04 Å². The molecule has 0 saturated carbocycles. The summed E-state index contributed by atoms with van der Waals surface area (Å²) in [5, 5.41) is 1.04. The second kappa shape index (κ2) is 7.47. The zero-order valence-corrected chi connectivity index (χ0v) is 16.8. The van der Waals surface area contributed by atoms with Crippen LogP contribution in [0.1, 0.15) is 18.7 Å². The van der Waals surface area contributed by atoms with Crippen molar-refractivity contribution in [2.45, 2.75) is 25.4 Å². The lowest BCUT2D eigenvalue weighted by Gasteiger charge is -2.39. The Balaban J connectivity index is 1.29. The molecule has 0 unspecified atom stereocenters. The number of ether oxygens (including phenoxy) is 1. The van der Waals surface area contributed by atoms with Crippen LogP contribution in [0.5, 0.6) is 0 Å². The number of benzene rings is 1. The minimum Gasteiger partial charge on any atom is -0.453 e. The number of likely N-dealkylation sites (tertiary alicyclic amines) is 1. The SMILES string of the molecule is Brc1ccc2oc3cnc(CN4CCC(N5CCOCC5)CC4)nc3c2c1. The Kier molecular flexibility index (Phi) is 4.85. The van der Waals surface area contributed by atoms with Crippen LogP contribution < -0.4 is 0 Å². The van der Waals surface area contributed by atoms with E-state index in [-0.39, 0.29) is 0 Å².